The van der Waals surface area contributed by atoms with Gasteiger partial charge in [-0.1, -0.05) is 46.6 Å². The standard InChI is InChI=1S/C28H47N5O4S/c1-7-20(5)25(31-26(36)23-11-9-10-13-32(23)6)28(37)33(18-29-24(35)15-19(3)4)14-12-21(8-2)27-30-22(16-34)17-38-27/h8,16-17,19-21,23-25,29,35H,2,7,9-15,18H2,1,3-6H3,(H,31,36)/t20?,21-,23-,24?,25+/m1/s1. The molecule has 2 heterocycles. The molecule has 0 aliphatic carbocycles. The van der Waals surface area contributed by atoms with Gasteiger partial charge in [0.15, 0.2) is 6.29 Å². The molecule has 0 radical (unpaired) electrons. The fourth-order valence-corrected chi connectivity index (χ4v) is 5.61. The van der Waals surface area contributed by atoms with Crippen LogP contribution in [0.4, 0.5) is 0 Å². The molecule has 0 saturated carbocycles. The van der Waals surface area contributed by atoms with Gasteiger partial charge in [-0.25, -0.2) is 4.98 Å². The molecule has 9 nitrogen and oxygen atoms in total. The highest BCUT2D eigenvalue weighted by Gasteiger charge is 2.34. The van der Waals surface area contributed by atoms with Crippen LogP contribution in [0.15, 0.2) is 18.0 Å². The van der Waals surface area contributed by atoms with Crippen molar-refractivity contribution in [2.45, 2.75) is 90.4 Å². The van der Waals surface area contributed by atoms with Crippen molar-refractivity contribution in [1.29, 1.82) is 0 Å². The number of amides is 2. The minimum atomic E-state index is -0.748. The summed E-state index contributed by atoms with van der Waals surface area (Å²) in [6, 6.07) is -0.903. The van der Waals surface area contributed by atoms with E-state index in [9.17, 15) is 19.5 Å². The summed E-state index contributed by atoms with van der Waals surface area (Å²) in [6.45, 7) is 13.4. The predicted octanol–water partition coefficient (Wildman–Crippen LogP) is 3.37. The Labute approximate surface area is 232 Å². The fourth-order valence-electron chi connectivity index (χ4n) is 4.71. The Kier molecular flexibility index (Phi) is 13.6. The third kappa shape index (κ3) is 9.55. The number of aromatic nitrogens is 1. The van der Waals surface area contributed by atoms with Crippen molar-refractivity contribution >= 4 is 29.4 Å². The summed E-state index contributed by atoms with van der Waals surface area (Å²) in [5.41, 5.74) is 0.385. The van der Waals surface area contributed by atoms with Gasteiger partial charge in [0.05, 0.1) is 12.7 Å². The highest BCUT2D eigenvalue weighted by Crippen LogP contribution is 2.25. The van der Waals surface area contributed by atoms with Gasteiger partial charge in [0.2, 0.25) is 11.8 Å². The molecule has 5 atom stereocenters. The lowest BCUT2D eigenvalue weighted by Crippen LogP contribution is -2.58. The van der Waals surface area contributed by atoms with E-state index >= 15 is 0 Å². The number of thiazole rings is 1. The molecular formula is C28H47N5O4S. The zero-order valence-electron chi connectivity index (χ0n) is 23.7. The fraction of sp³-hybridized carbons (Fsp3) is 0.714. The van der Waals surface area contributed by atoms with E-state index in [1.54, 1.807) is 16.4 Å². The van der Waals surface area contributed by atoms with Crippen LogP contribution in [0.5, 0.6) is 0 Å². The second kappa shape index (κ2) is 16.1. The molecule has 1 aromatic heterocycles. The molecule has 2 rings (SSSR count). The van der Waals surface area contributed by atoms with E-state index in [1.807, 2.05) is 34.7 Å². The number of nitrogens with zero attached hydrogens (tertiary/aromatic N) is 3. The number of hydrogen-bond acceptors (Lipinski definition) is 8. The molecule has 0 bridgehead atoms. The summed E-state index contributed by atoms with van der Waals surface area (Å²) in [5, 5.41) is 19.1. The first-order chi connectivity index (χ1) is 18.1. The van der Waals surface area contributed by atoms with E-state index in [4.69, 9.17) is 0 Å². The van der Waals surface area contributed by atoms with Gasteiger partial charge in [-0.15, -0.1) is 17.9 Å². The Morgan fingerprint density at radius 1 is 1.34 bits per heavy atom. The Morgan fingerprint density at radius 2 is 2.08 bits per heavy atom. The van der Waals surface area contributed by atoms with Gasteiger partial charge in [-0.3, -0.25) is 24.6 Å². The largest absolute Gasteiger partial charge is 0.379 e. The van der Waals surface area contributed by atoms with Crippen LogP contribution >= 0.6 is 11.3 Å². The second-order valence-corrected chi connectivity index (χ2v) is 11.7. The summed E-state index contributed by atoms with van der Waals surface area (Å²) in [4.78, 5) is 46.4. The van der Waals surface area contributed by atoms with E-state index in [2.05, 4.69) is 27.1 Å². The Bertz CT molecular complexity index is 908. The minimum absolute atomic E-state index is 0.0623. The van der Waals surface area contributed by atoms with E-state index in [0.717, 1.165) is 43.5 Å². The molecule has 3 N–H and O–H groups in total. The number of aliphatic hydroxyl groups is 1. The van der Waals surface area contributed by atoms with Crippen LogP contribution in [0.2, 0.25) is 0 Å². The molecule has 2 unspecified atom stereocenters. The molecule has 0 spiro atoms. The van der Waals surface area contributed by atoms with Crippen LogP contribution in [0.1, 0.15) is 87.6 Å². The number of aldehydes is 1. The zero-order chi connectivity index (χ0) is 28.2. The van der Waals surface area contributed by atoms with Crippen molar-refractivity contribution in [2.24, 2.45) is 11.8 Å². The van der Waals surface area contributed by atoms with Crippen LogP contribution < -0.4 is 10.6 Å². The smallest absolute Gasteiger partial charge is 0.246 e. The molecular weight excluding hydrogens is 502 g/mol. The zero-order valence-corrected chi connectivity index (χ0v) is 24.5. The maximum Gasteiger partial charge on any atom is 0.246 e. The third-order valence-corrected chi connectivity index (χ3v) is 8.34. The van der Waals surface area contributed by atoms with Crippen LogP contribution in [0, 0.1) is 11.8 Å². The number of aliphatic hydroxyl groups excluding tert-OH is 1. The number of hydrogen-bond donors (Lipinski definition) is 3. The number of carbonyl (C=O) groups excluding carboxylic acids is 3. The maximum absolute atomic E-state index is 14.0. The molecule has 38 heavy (non-hydrogen) atoms. The van der Waals surface area contributed by atoms with Crippen LogP contribution in [-0.2, 0) is 9.59 Å². The summed E-state index contributed by atoms with van der Waals surface area (Å²) < 4.78 is 0. The normalized spacial score (nSPS) is 19.4. The third-order valence-electron chi connectivity index (χ3n) is 7.35. The predicted molar refractivity (Wildman–Crippen MR) is 152 cm³/mol. The average Bonchev–Trinajstić information content (AvgIpc) is 3.37. The average molecular weight is 550 g/mol. The lowest BCUT2D eigenvalue weighted by Gasteiger charge is -2.35. The number of rotatable bonds is 16. The molecule has 214 valence electrons. The summed E-state index contributed by atoms with van der Waals surface area (Å²) in [7, 11) is 1.96. The van der Waals surface area contributed by atoms with E-state index < -0.39 is 12.3 Å². The van der Waals surface area contributed by atoms with Gasteiger partial charge in [0.1, 0.15) is 23.0 Å². The Balaban J connectivity index is 2.21. The lowest BCUT2D eigenvalue weighted by molar-refractivity contribution is -0.140. The van der Waals surface area contributed by atoms with Crippen molar-refractivity contribution in [1.82, 2.24) is 25.4 Å². The van der Waals surface area contributed by atoms with E-state index in [0.29, 0.717) is 31.0 Å². The molecule has 1 aliphatic heterocycles. The van der Waals surface area contributed by atoms with Gasteiger partial charge in [-0.05, 0) is 51.1 Å². The summed E-state index contributed by atoms with van der Waals surface area (Å²) >= 11 is 1.40. The quantitative estimate of drug-likeness (QED) is 0.165. The van der Waals surface area contributed by atoms with Gasteiger partial charge in [0, 0.05) is 17.8 Å². The van der Waals surface area contributed by atoms with Crippen LogP contribution in [-0.4, -0.2) is 83.1 Å². The van der Waals surface area contributed by atoms with E-state index in [-0.39, 0.29) is 36.4 Å². The highest BCUT2D eigenvalue weighted by molar-refractivity contribution is 7.09. The SMILES string of the molecule is C=C[C@H](CCN(CNC(O)CC(C)C)C(=O)[C@@H](NC(=O)[C@H]1CCCCN1C)C(C)CC)c1nc(C=O)cs1. The van der Waals surface area contributed by atoms with Gasteiger partial charge < -0.3 is 15.3 Å². The van der Waals surface area contributed by atoms with Crippen molar-refractivity contribution in [2.75, 3.05) is 26.8 Å². The first kappa shape index (κ1) is 32.1. The van der Waals surface area contributed by atoms with Crippen molar-refractivity contribution in [3.05, 3.63) is 28.7 Å². The molecule has 0 aromatic carbocycles. The molecule has 1 aliphatic rings. The van der Waals surface area contributed by atoms with Gasteiger partial charge in [0.25, 0.3) is 0 Å². The van der Waals surface area contributed by atoms with Gasteiger partial charge in [-0.2, -0.15) is 0 Å². The molecule has 1 fully saturated rings. The topological polar surface area (TPSA) is 115 Å². The molecule has 1 saturated heterocycles. The Hall–Kier alpha value is -2.14. The van der Waals surface area contributed by atoms with Gasteiger partial charge >= 0.3 is 0 Å². The van der Waals surface area contributed by atoms with Crippen LogP contribution in [0.3, 0.4) is 0 Å². The second-order valence-electron chi connectivity index (χ2n) is 10.8. The summed E-state index contributed by atoms with van der Waals surface area (Å²) in [6.07, 6.45) is 6.46. The highest BCUT2D eigenvalue weighted by atomic mass is 32.1. The number of piperidine rings is 1. The summed E-state index contributed by atoms with van der Waals surface area (Å²) in [5.74, 6) is -0.175. The first-order valence-corrected chi connectivity index (χ1v) is 14.7. The first-order valence-electron chi connectivity index (χ1n) is 13.8. The van der Waals surface area contributed by atoms with Crippen molar-refractivity contribution < 1.29 is 19.5 Å². The number of carbonyl (C=O) groups is 3. The molecule has 2 amide bonds. The van der Waals surface area contributed by atoms with E-state index in [1.165, 1.54) is 11.3 Å². The maximum atomic E-state index is 14.0. The van der Waals surface area contributed by atoms with Crippen molar-refractivity contribution in [3.8, 4) is 0 Å². The lowest BCUT2D eigenvalue weighted by atomic mass is 9.95. The molecule has 10 heteroatoms. The number of nitrogens with one attached hydrogen (secondary N) is 2. The minimum Gasteiger partial charge on any atom is -0.379 e. The number of likely N-dealkylation sites (N-methyl/N-ethyl adjacent to an activating group) is 1. The van der Waals surface area contributed by atoms with Crippen molar-refractivity contribution in [3.63, 3.8) is 0 Å². The molecule has 1 aromatic rings. The Morgan fingerprint density at radius 3 is 2.66 bits per heavy atom. The van der Waals surface area contributed by atoms with Crippen LogP contribution in [0.25, 0.3) is 0 Å². The number of allylic oxidation sites excluding steroid dienone is 1. The monoisotopic (exact) mass is 549 g/mol. The number of likely N-dealkylation sites (tertiary alicyclic amines) is 1.